The first-order valence-corrected chi connectivity index (χ1v) is 17.5. The number of carbonyl (C=O) groups excluding carboxylic acids is 2. The Hall–Kier alpha value is -0.914. The predicted octanol–water partition coefficient (Wildman–Crippen LogP) is 3.25. The summed E-state index contributed by atoms with van der Waals surface area (Å²) in [6.45, 7) is 2.91. The minimum Gasteiger partial charge on any atom is -0.744 e. The molecule has 0 fully saturated rings. The molecule has 0 N–H and O–H groups in total. The largest absolute Gasteiger partial charge is 1.00 e. The van der Waals surface area contributed by atoms with Gasteiger partial charge >= 0.3 is 63.3 Å². The average molecular weight is 803 g/mol. The molecule has 224 valence electrons. The summed E-state index contributed by atoms with van der Waals surface area (Å²) in [6.07, 6.45) is 0.706. The molecule has 0 bridgehead atoms. The van der Waals surface area contributed by atoms with Gasteiger partial charge in [-0.1, -0.05) is 48.5 Å². The first kappa shape index (κ1) is 38.3. The van der Waals surface area contributed by atoms with Crippen molar-refractivity contribution in [1.82, 2.24) is 0 Å². The first-order valence-electron chi connectivity index (χ1n) is 12.2. The van der Waals surface area contributed by atoms with Crippen LogP contribution in [-0.2, 0) is 51.1 Å². The van der Waals surface area contributed by atoms with Gasteiger partial charge in [0.25, 0.3) is 9.05 Å². The third-order valence-corrected chi connectivity index (χ3v) is 10.0. The summed E-state index contributed by atoms with van der Waals surface area (Å²) in [5, 5.41) is 2.30. The number of esters is 2. The summed E-state index contributed by atoms with van der Waals surface area (Å²) < 4.78 is 69.0. The molecule has 0 radical (unpaired) electrons. The van der Waals surface area contributed by atoms with E-state index >= 15 is 0 Å². The molecule has 0 atom stereocenters. The van der Waals surface area contributed by atoms with Crippen molar-refractivity contribution in [2.75, 3.05) is 13.2 Å². The van der Waals surface area contributed by atoms with E-state index in [9.17, 15) is 31.0 Å². The topological polar surface area (TPSA) is 144 Å². The maximum absolute atomic E-state index is 11.8. The van der Waals surface area contributed by atoms with Crippen molar-refractivity contribution in [3.8, 4) is 0 Å². The van der Waals surface area contributed by atoms with E-state index in [1.54, 1.807) is 42.5 Å². The van der Waals surface area contributed by atoms with Crippen LogP contribution in [0, 0.1) is 0 Å². The van der Waals surface area contributed by atoms with Crippen molar-refractivity contribution < 1.29 is 91.8 Å². The number of fused-ring (bicyclic) bond motifs is 2. The van der Waals surface area contributed by atoms with Crippen LogP contribution in [0.2, 0.25) is 0 Å². The van der Waals surface area contributed by atoms with Gasteiger partial charge in [0, 0.05) is 57.1 Å². The molecule has 0 aliphatic heterocycles. The summed E-state index contributed by atoms with van der Waals surface area (Å²) in [5.74, 6) is -0.791. The summed E-state index contributed by atoms with van der Waals surface area (Å²) in [6, 6.07) is 16.6. The van der Waals surface area contributed by atoms with Gasteiger partial charge < -0.3 is 14.0 Å². The van der Waals surface area contributed by atoms with Gasteiger partial charge in [-0.15, -0.1) is 0 Å². The van der Waals surface area contributed by atoms with Gasteiger partial charge in [-0.3, -0.25) is 9.59 Å². The Kier molecular flexibility index (Phi) is 14.8. The number of ether oxygens (including phenoxy) is 2. The van der Waals surface area contributed by atoms with Crippen molar-refractivity contribution in [2.24, 2.45) is 0 Å². The second-order valence-electron chi connectivity index (χ2n) is 8.86. The van der Waals surface area contributed by atoms with Crippen LogP contribution < -0.4 is 51.4 Å². The van der Waals surface area contributed by atoms with Crippen LogP contribution in [0.15, 0.2) is 79.4 Å². The molecule has 0 aromatic heterocycles. The second-order valence-corrected chi connectivity index (χ2v) is 14.3. The minimum absolute atomic E-state index is 0. The fourth-order valence-electron chi connectivity index (χ4n) is 4.11. The fraction of sp³-hybridized carbons (Fsp3) is 0.214. The van der Waals surface area contributed by atoms with E-state index in [0.29, 0.717) is 44.6 Å². The second kappa shape index (κ2) is 16.6. The number of halogens is 3. The van der Waals surface area contributed by atoms with Gasteiger partial charge in [-0.2, -0.15) is 0 Å². The maximum Gasteiger partial charge on any atom is 1.00 e. The molecule has 4 rings (SSSR count). The zero-order valence-electron chi connectivity index (χ0n) is 23.2. The molecular formula is C28H24Br2ClKO9S2. The molecule has 0 saturated heterocycles. The van der Waals surface area contributed by atoms with Crippen LogP contribution in [-0.4, -0.2) is 46.5 Å². The predicted molar refractivity (Wildman–Crippen MR) is 165 cm³/mol. The molecule has 0 saturated carbocycles. The van der Waals surface area contributed by atoms with Crippen LogP contribution in [0.3, 0.4) is 0 Å². The number of hydrogen-bond donors (Lipinski definition) is 0. The van der Waals surface area contributed by atoms with E-state index in [0.717, 1.165) is 9.86 Å². The van der Waals surface area contributed by atoms with E-state index in [4.69, 9.17) is 20.2 Å². The van der Waals surface area contributed by atoms with Gasteiger partial charge in [0.05, 0.1) is 23.0 Å². The number of hydrogen-bond acceptors (Lipinski definition) is 9. The molecule has 0 amide bonds. The SMILES string of the molecule is CC(=O)OCCc1cc(S(=O)(=O)Cl)c2ccccc2c1Br.CC(=O)OCCc1cc(S(=O)(=O)[O-])c2ccccc2c1Br.[K+]. The van der Waals surface area contributed by atoms with Crippen LogP contribution in [0.5, 0.6) is 0 Å². The van der Waals surface area contributed by atoms with Gasteiger partial charge in [-0.05, 0) is 65.9 Å². The normalized spacial score (nSPS) is 11.3. The molecule has 9 nitrogen and oxygen atoms in total. The van der Waals surface area contributed by atoms with Crippen LogP contribution in [0.4, 0.5) is 0 Å². The Morgan fingerprint density at radius 3 is 1.42 bits per heavy atom. The molecule has 43 heavy (non-hydrogen) atoms. The van der Waals surface area contributed by atoms with Crippen molar-refractivity contribution in [3.05, 3.63) is 80.7 Å². The summed E-state index contributed by atoms with van der Waals surface area (Å²) >= 11 is 6.88. The van der Waals surface area contributed by atoms with E-state index in [2.05, 4.69) is 31.9 Å². The first-order chi connectivity index (χ1) is 19.6. The molecule has 0 spiro atoms. The zero-order valence-corrected chi connectivity index (χ0v) is 31.9. The molecule has 4 aromatic rings. The Labute approximate surface area is 313 Å². The average Bonchev–Trinajstić information content (AvgIpc) is 2.90. The van der Waals surface area contributed by atoms with Gasteiger partial charge in [0.15, 0.2) is 0 Å². The van der Waals surface area contributed by atoms with E-state index in [1.807, 2.05) is 6.07 Å². The molecule has 4 aromatic carbocycles. The van der Waals surface area contributed by atoms with Crippen LogP contribution in [0.25, 0.3) is 21.5 Å². The smallest absolute Gasteiger partial charge is 0.744 e. The van der Waals surface area contributed by atoms with Gasteiger partial charge in [-0.25, -0.2) is 16.8 Å². The Morgan fingerprint density at radius 2 is 1.07 bits per heavy atom. The van der Waals surface area contributed by atoms with Crippen molar-refractivity contribution in [1.29, 1.82) is 0 Å². The number of benzene rings is 4. The molecular weight excluding hydrogens is 779 g/mol. The van der Waals surface area contributed by atoms with Gasteiger partial charge in [0.1, 0.15) is 10.1 Å². The third kappa shape index (κ3) is 10.6. The molecule has 0 unspecified atom stereocenters. The quantitative estimate of drug-likeness (QED) is 0.114. The molecule has 0 heterocycles. The minimum atomic E-state index is -4.59. The van der Waals surface area contributed by atoms with Crippen molar-refractivity contribution >= 4 is 95.2 Å². The Balaban J connectivity index is 0.000000293. The van der Waals surface area contributed by atoms with Gasteiger partial charge in [0.2, 0.25) is 0 Å². The molecule has 0 aliphatic rings. The van der Waals surface area contributed by atoms with Crippen molar-refractivity contribution in [3.63, 3.8) is 0 Å². The summed E-state index contributed by atoms with van der Waals surface area (Å²) in [7, 11) is -2.94. The van der Waals surface area contributed by atoms with Crippen molar-refractivity contribution in [2.45, 2.75) is 36.5 Å². The fourth-order valence-corrected chi connectivity index (χ4v) is 7.26. The Bertz CT molecular complexity index is 1750. The number of rotatable bonds is 8. The summed E-state index contributed by atoms with van der Waals surface area (Å²) in [4.78, 5) is 21.4. The van der Waals surface area contributed by atoms with Crippen LogP contribution in [0.1, 0.15) is 25.0 Å². The number of carbonyl (C=O) groups is 2. The van der Waals surface area contributed by atoms with E-state index in [1.165, 1.54) is 26.0 Å². The van der Waals surface area contributed by atoms with Crippen LogP contribution >= 0.6 is 42.5 Å². The molecule has 0 aliphatic carbocycles. The third-order valence-electron chi connectivity index (χ3n) is 5.92. The zero-order chi connectivity index (χ0) is 31.2. The van der Waals surface area contributed by atoms with E-state index < -0.39 is 25.1 Å². The maximum atomic E-state index is 11.8. The summed E-state index contributed by atoms with van der Waals surface area (Å²) in [5.41, 5.74) is 1.32. The molecule has 15 heteroatoms. The monoisotopic (exact) mass is 800 g/mol. The Morgan fingerprint density at radius 1 is 0.721 bits per heavy atom. The van der Waals surface area contributed by atoms with E-state index in [-0.39, 0.29) is 80.4 Å². The standard InChI is InChI=1S/C14H12BrClO4S.C14H13BrO5S.K/c1-9(17)20-7-6-10-8-13(21(16,18)19)11-4-2-3-5-12(11)14(10)15;1-9(16)20-7-6-10-8-13(21(17,18)19)11-4-2-3-5-12(11)14(10)15;/h2-5,8H,6-7H2,1H3;2-5,8H,6-7H2,1H3,(H,17,18,19);/q;;+1/p-1.